The van der Waals surface area contributed by atoms with Crippen molar-refractivity contribution in [2.24, 2.45) is 5.92 Å². The van der Waals surface area contributed by atoms with Crippen molar-refractivity contribution in [1.82, 2.24) is 15.5 Å². The number of carbonyl (C=O) groups excluding carboxylic acids is 2. The molecule has 1 saturated heterocycles. The zero-order valence-corrected chi connectivity index (χ0v) is 11.3. The Labute approximate surface area is 112 Å². The minimum absolute atomic E-state index is 0.0486. The summed E-state index contributed by atoms with van der Waals surface area (Å²) in [6.07, 6.45) is 0.344. The third-order valence-corrected chi connectivity index (χ3v) is 2.79. The van der Waals surface area contributed by atoms with Gasteiger partial charge in [0, 0.05) is 38.0 Å². The molecule has 0 spiro atoms. The maximum Gasteiger partial charge on any atom is 0.317 e. The molecule has 1 fully saturated rings. The molecule has 1 aliphatic rings. The summed E-state index contributed by atoms with van der Waals surface area (Å²) in [6, 6.07) is -0.144. The number of aliphatic carboxylic acids is 1. The lowest BCUT2D eigenvalue weighted by atomic mass is 9.97. The summed E-state index contributed by atoms with van der Waals surface area (Å²) in [5.74, 6) is -0.884. The summed E-state index contributed by atoms with van der Waals surface area (Å²) in [6.45, 7) is 4.97. The van der Waals surface area contributed by atoms with Gasteiger partial charge in [0.1, 0.15) is 0 Å². The highest BCUT2D eigenvalue weighted by molar-refractivity contribution is 5.78. The molecule has 3 N–H and O–H groups in total. The SMILES string of the molecule is CC(C)NC(=O)CCNC(=O)N1CC(CC(=O)O)C1. The summed E-state index contributed by atoms with van der Waals surface area (Å²) < 4.78 is 0. The number of hydrogen-bond donors (Lipinski definition) is 3. The average Bonchev–Trinajstić information content (AvgIpc) is 2.21. The number of hydrogen-bond acceptors (Lipinski definition) is 3. The quantitative estimate of drug-likeness (QED) is 0.634. The molecule has 0 aliphatic carbocycles. The topological polar surface area (TPSA) is 98.7 Å². The molecule has 108 valence electrons. The van der Waals surface area contributed by atoms with Crippen molar-refractivity contribution >= 4 is 17.9 Å². The van der Waals surface area contributed by atoms with Gasteiger partial charge in [-0.3, -0.25) is 9.59 Å². The van der Waals surface area contributed by atoms with Crippen LogP contribution in [-0.4, -0.2) is 53.6 Å². The fourth-order valence-electron chi connectivity index (χ4n) is 1.90. The smallest absolute Gasteiger partial charge is 0.317 e. The zero-order chi connectivity index (χ0) is 14.4. The largest absolute Gasteiger partial charge is 0.481 e. The van der Waals surface area contributed by atoms with E-state index in [0.717, 1.165) is 0 Å². The highest BCUT2D eigenvalue weighted by Gasteiger charge is 2.31. The van der Waals surface area contributed by atoms with Gasteiger partial charge >= 0.3 is 12.0 Å². The molecule has 3 amide bonds. The van der Waals surface area contributed by atoms with E-state index in [4.69, 9.17) is 5.11 Å². The number of nitrogens with one attached hydrogen (secondary N) is 2. The fraction of sp³-hybridized carbons (Fsp3) is 0.750. The molecule has 0 aromatic heterocycles. The number of rotatable bonds is 6. The van der Waals surface area contributed by atoms with Crippen molar-refractivity contribution in [3.8, 4) is 0 Å². The van der Waals surface area contributed by atoms with E-state index in [2.05, 4.69) is 10.6 Å². The first-order valence-corrected chi connectivity index (χ1v) is 6.42. The Morgan fingerprint density at radius 2 is 1.95 bits per heavy atom. The van der Waals surface area contributed by atoms with Gasteiger partial charge in [0.2, 0.25) is 5.91 Å². The van der Waals surface area contributed by atoms with E-state index < -0.39 is 5.97 Å². The molecule has 0 saturated carbocycles. The van der Waals surface area contributed by atoms with E-state index in [1.54, 1.807) is 4.90 Å². The van der Waals surface area contributed by atoms with Crippen LogP contribution in [0.5, 0.6) is 0 Å². The van der Waals surface area contributed by atoms with Gasteiger partial charge in [-0.25, -0.2) is 4.79 Å². The lowest BCUT2D eigenvalue weighted by Crippen LogP contribution is -2.54. The van der Waals surface area contributed by atoms with Gasteiger partial charge < -0.3 is 20.6 Å². The molecular weight excluding hydrogens is 250 g/mol. The zero-order valence-electron chi connectivity index (χ0n) is 11.3. The molecule has 0 aromatic carbocycles. The molecule has 0 radical (unpaired) electrons. The van der Waals surface area contributed by atoms with Crippen molar-refractivity contribution < 1.29 is 19.5 Å². The maximum absolute atomic E-state index is 11.6. The van der Waals surface area contributed by atoms with Crippen LogP contribution in [0.3, 0.4) is 0 Å². The number of carboxylic acids is 1. The normalized spacial score (nSPS) is 15.0. The van der Waals surface area contributed by atoms with Crippen molar-refractivity contribution in [3.63, 3.8) is 0 Å². The van der Waals surface area contributed by atoms with E-state index in [1.807, 2.05) is 13.8 Å². The summed E-state index contributed by atoms with van der Waals surface area (Å²) in [7, 11) is 0. The molecule has 1 heterocycles. The first kappa shape index (κ1) is 15.3. The van der Waals surface area contributed by atoms with Gasteiger partial charge in [-0.15, -0.1) is 0 Å². The molecular formula is C12H21N3O4. The van der Waals surface area contributed by atoms with Crippen LogP contribution in [0.25, 0.3) is 0 Å². The third kappa shape index (κ3) is 5.58. The minimum atomic E-state index is -0.838. The Balaban J connectivity index is 2.10. The number of urea groups is 1. The van der Waals surface area contributed by atoms with Gasteiger partial charge in [-0.2, -0.15) is 0 Å². The summed E-state index contributed by atoms with van der Waals surface area (Å²) >= 11 is 0. The van der Waals surface area contributed by atoms with Crippen molar-refractivity contribution in [2.45, 2.75) is 32.7 Å². The molecule has 0 aromatic rings. The van der Waals surface area contributed by atoms with Crippen LogP contribution >= 0.6 is 0 Å². The lowest BCUT2D eigenvalue weighted by molar-refractivity contribution is -0.139. The van der Waals surface area contributed by atoms with Gasteiger partial charge in [0.15, 0.2) is 0 Å². The first-order valence-electron chi connectivity index (χ1n) is 6.42. The molecule has 0 bridgehead atoms. The number of carbonyl (C=O) groups is 3. The van der Waals surface area contributed by atoms with Gasteiger partial charge in [-0.1, -0.05) is 0 Å². The van der Waals surface area contributed by atoms with Crippen LogP contribution in [0.15, 0.2) is 0 Å². The van der Waals surface area contributed by atoms with Crippen LogP contribution in [0.4, 0.5) is 4.79 Å². The minimum Gasteiger partial charge on any atom is -0.481 e. The van der Waals surface area contributed by atoms with Gasteiger partial charge in [0.05, 0.1) is 6.42 Å². The van der Waals surface area contributed by atoms with Crippen molar-refractivity contribution in [1.29, 1.82) is 0 Å². The van der Waals surface area contributed by atoms with Crippen LogP contribution < -0.4 is 10.6 Å². The van der Waals surface area contributed by atoms with E-state index in [9.17, 15) is 14.4 Å². The molecule has 1 aliphatic heterocycles. The number of carboxylic acid groups (broad SMARTS) is 1. The Kier molecular flexibility index (Phi) is 5.59. The van der Waals surface area contributed by atoms with E-state index >= 15 is 0 Å². The van der Waals surface area contributed by atoms with Crippen LogP contribution in [0.2, 0.25) is 0 Å². The molecule has 19 heavy (non-hydrogen) atoms. The van der Waals surface area contributed by atoms with E-state index in [0.29, 0.717) is 13.1 Å². The third-order valence-electron chi connectivity index (χ3n) is 2.79. The van der Waals surface area contributed by atoms with Crippen LogP contribution in [0.1, 0.15) is 26.7 Å². The molecule has 7 heteroatoms. The highest BCUT2D eigenvalue weighted by atomic mass is 16.4. The van der Waals surface area contributed by atoms with E-state index in [1.165, 1.54) is 0 Å². The number of amides is 3. The second-order valence-corrected chi connectivity index (χ2v) is 5.07. The number of likely N-dealkylation sites (tertiary alicyclic amines) is 1. The van der Waals surface area contributed by atoms with Crippen LogP contribution in [-0.2, 0) is 9.59 Å². The summed E-state index contributed by atoms with van der Waals surface area (Å²) in [4.78, 5) is 34.9. The Morgan fingerprint density at radius 1 is 1.32 bits per heavy atom. The predicted octanol–water partition coefficient (Wildman–Crippen LogP) is 0.0172. The predicted molar refractivity (Wildman–Crippen MR) is 68.6 cm³/mol. The fourth-order valence-corrected chi connectivity index (χ4v) is 1.90. The van der Waals surface area contributed by atoms with Crippen molar-refractivity contribution in [2.75, 3.05) is 19.6 Å². The Bertz CT molecular complexity index is 351. The maximum atomic E-state index is 11.6. The Hall–Kier alpha value is -1.79. The number of nitrogens with zero attached hydrogens (tertiary/aromatic N) is 1. The van der Waals surface area contributed by atoms with Gasteiger partial charge in [0.25, 0.3) is 0 Å². The van der Waals surface area contributed by atoms with Crippen molar-refractivity contribution in [3.05, 3.63) is 0 Å². The molecule has 0 unspecified atom stereocenters. The molecule has 7 nitrogen and oxygen atoms in total. The highest BCUT2D eigenvalue weighted by Crippen LogP contribution is 2.18. The first-order chi connectivity index (χ1) is 8.88. The summed E-state index contributed by atoms with van der Waals surface area (Å²) in [5, 5.41) is 14.0. The van der Waals surface area contributed by atoms with Gasteiger partial charge in [-0.05, 0) is 13.8 Å². The summed E-state index contributed by atoms with van der Waals surface area (Å²) in [5.41, 5.74) is 0. The molecule has 0 atom stereocenters. The average molecular weight is 271 g/mol. The monoisotopic (exact) mass is 271 g/mol. The second-order valence-electron chi connectivity index (χ2n) is 5.07. The standard InChI is InChI=1S/C12H21N3O4/c1-8(2)14-10(16)3-4-13-12(19)15-6-9(7-15)5-11(17)18/h8-9H,3-7H2,1-2H3,(H,13,19)(H,14,16)(H,17,18). The lowest BCUT2D eigenvalue weighted by Gasteiger charge is -2.38. The van der Waals surface area contributed by atoms with E-state index in [-0.39, 0.29) is 43.3 Å². The van der Waals surface area contributed by atoms with Crippen LogP contribution in [0, 0.1) is 5.92 Å². The molecule has 1 rings (SSSR count). The second kappa shape index (κ2) is 6.96. The Morgan fingerprint density at radius 3 is 2.47 bits per heavy atom.